The Morgan fingerprint density at radius 3 is 2.70 bits per heavy atom. The number of aliphatic carboxylic acids is 1. The summed E-state index contributed by atoms with van der Waals surface area (Å²) < 4.78 is 52.1. The van der Waals surface area contributed by atoms with E-state index in [0.717, 1.165) is 25.0 Å². The van der Waals surface area contributed by atoms with Crippen LogP contribution in [0.2, 0.25) is 0 Å². The molecule has 1 aromatic carbocycles. The van der Waals surface area contributed by atoms with Gasteiger partial charge in [0, 0.05) is 19.6 Å². The van der Waals surface area contributed by atoms with Crippen molar-refractivity contribution < 1.29 is 32.3 Å². The van der Waals surface area contributed by atoms with Gasteiger partial charge in [-0.25, -0.2) is 4.39 Å². The topological polar surface area (TPSA) is 69.6 Å². The quantitative estimate of drug-likeness (QED) is 0.761. The summed E-state index contributed by atoms with van der Waals surface area (Å²) in [5.74, 6) is -2.35. The van der Waals surface area contributed by atoms with E-state index in [-0.39, 0.29) is 31.1 Å². The van der Waals surface area contributed by atoms with Gasteiger partial charge in [-0.1, -0.05) is 12.5 Å². The number of carbonyl (C=O) groups is 2. The van der Waals surface area contributed by atoms with E-state index in [2.05, 4.69) is 5.32 Å². The van der Waals surface area contributed by atoms with E-state index in [4.69, 9.17) is 0 Å². The SMILES string of the molecule is O=C(CN1C[C@@H]2CCC[C@@]2(C(=O)O)C1)NCc1ccc(F)cc1C(F)(F)F. The molecule has 148 valence electrons. The number of rotatable bonds is 5. The fraction of sp³-hybridized carbons (Fsp3) is 0.556. The Bertz CT molecular complexity index is 753. The zero-order chi connectivity index (χ0) is 19.8. The van der Waals surface area contributed by atoms with Crippen LogP contribution >= 0.6 is 0 Å². The van der Waals surface area contributed by atoms with Gasteiger partial charge in [-0.2, -0.15) is 13.2 Å². The van der Waals surface area contributed by atoms with Crippen LogP contribution in [0.15, 0.2) is 18.2 Å². The number of hydrogen-bond donors (Lipinski definition) is 2. The van der Waals surface area contributed by atoms with Crippen LogP contribution in [0.25, 0.3) is 0 Å². The van der Waals surface area contributed by atoms with Crippen molar-refractivity contribution in [1.82, 2.24) is 10.2 Å². The summed E-state index contributed by atoms with van der Waals surface area (Å²) in [5.41, 5.74) is -2.17. The summed E-state index contributed by atoms with van der Waals surface area (Å²) in [6.45, 7) is 0.304. The van der Waals surface area contributed by atoms with Crippen LogP contribution in [-0.4, -0.2) is 41.5 Å². The van der Waals surface area contributed by atoms with Crippen molar-refractivity contribution in [3.63, 3.8) is 0 Å². The smallest absolute Gasteiger partial charge is 0.416 e. The molecule has 2 aliphatic rings. The van der Waals surface area contributed by atoms with Gasteiger partial charge >= 0.3 is 12.1 Å². The molecule has 5 nitrogen and oxygen atoms in total. The molecule has 1 aliphatic carbocycles. The Labute approximate surface area is 153 Å². The van der Waals surface area contributed by atoms with Gasteiger partial charge in [0.2, 0.25) is 5.91 Å². The van der Waals surface area contributed by atoms with Gasteiger partial charge in [0.05, 0.1) is 17.5 Å². The summed E-state index contributed by atoms with van der Waals surface area (Å²) >= 11 is 0. The number of hydrogen-bond acceptors (Lipinski definition) is 3. The fourth-order valence-corrected chi connectivity index (χ4v) is 4.28. The summed E-state index contributed by atoms with van der Waals surface area (Å²) in [6.07, 6.45) is -2.49. The number of likely N-dealkylation sites (tertiary alicyclic amines) is 1. The molecule has 9 heteroatoms. The molecule has 1 saturated carbocycles. The molecule has 0 aromatic heterocycles. The number of nitrogens with zero attached hydrogens (tertiary/aromatic N) is 1. The first-order valence-electron chi connectivity index (χ1n) is 8.70. The number of carbonyl (C=O) groups excluding carboxylic acids is 1. The first kappa shape index (κ1) is 19.6. The third-order valence-corrected chi connectivity index (χ3v) is 5.59. The predicted octanol–water partition coefficient (Wildman–Crippen LogP) is 2.65. The van der Waals surface area contributed by atoms with Crippen LogP contribution in [0.1, 0.15) is 30.4 Å². The number of carboxylic acids is 1. The second kappa shape index (κ2) is 7.10. The zero-order valence-corrected chi connectivity index (χ0v) is 14.5. The van der Waals surface area contributed by atoms with Gasteiger partial charge in [0.15, 0.2) is 0 Å². The lowest BCUT2D eigenvalue weighted by atomic mass is 9.81. The fourth-order valence-electron chi connectivity index (χ4n) is 4.28. The molecule has 1 aliphatic heterocycles. The van der Waals surface area contributed by atoms with E-state index in [1.807, 2.05) is 0 Å². The summed E-state index contributed by atoms with van der Waals surface area (Å²) in [4.78, 5) is 25.5. The van der Waals surface area contributed by atoms with Crippen LogP contribution in [0.3, 0.4) is 0 Å². The molecule has 0 radical (unpaired) electrons. The van der Waals surface area contributed by atoms with E-state index >= 15 is 0 Å². The highest BCUT2D eigenvalue weighted by atomic mass is 19.4. The molecule has 1 aromatic rings. The molecule has 2 atom stereocenters. The number of fused-ring (bicyclic) bond motifs is 1. The van der Waals surface area contributed by atoms with E-state index in [1.165, 1.54) is 0 Å². The average molecular weight is 388 g/mol. The number of carboxylic acid groups (broad SMARTS) is 1. The molecule has 0 unspecified atom stereocenters. The van der Waals surface area contributed by atoms with Gasteiger partial charge in [-0.15, -0.1) is 0 Å². The molecule has 27 heavy (non-hydrogen) atoms. The Balaban J connectivity index is 1.60. The van der Waals surface area contributed by atoms with E-state index < -0.39 is 34.8 Å². The first-order valence-corrected chi connectivity index (χ1v) is 8.70. The molecular formula is C18H20F4N2O3. The lowest BCUT2D eigenvalue weighted by molar-refractivity contribution is -0.149. The number of alkyl halides is 3. The van der Waals surface area contributed by atoms with Crippen molar-refractivity contribution in [2.45, 2.75) is 32.0 Å². The highest BCUT2D eigenvalue weighted by Crippen LogP contribution is 2.48. The molecule has 2 N–H and O–H groups in total. The van der Waals surface area contributed by atoms with Crippen molar-refractivity contribution in [3.05, 3.63) is 35.1 Å². The Hall–Kier alpha value is -2.16. The molecule has 0 bridgehead atoms. The van der Waals surface area contributed by atoms with Crippen LogP contribution in [-0.2, 0) is 22.3 Å². The van der Waals surface area contributed by atoms with Crippen LogP contribution < -0.4 is 5.32 Å². The van der Waals surface area contributed by atoms with Gasteiger partial charge in [-0.3, -0.25) is 14.5 Å². The normalized spacial score (nSPS) is 25.4. The third-order valence-electron chi connectivity index (χ3n) is 5.59. The Morgan fingerprint density at radius 2 is 2.07 bits per heavy atom. The maximum atomic E-state index is 13.1. The average Bonchev–Trinajstić information content (AvgIpc) is 3.10. The summed E-state index contributed by atoms with van der Waals surface area (Å²) in [6, 6.07) is 2.31. The molecule has 1 saturated heterocycles. The molecule has 1 heterocycles. The summed E-state index contributed by atoms with van der Waals surface area (Å²) in [5, 5.41) is 12.0. The molecule has 1 amide bonds. The standard InChI is InChI=1S/C18H20F4N2O3/c19-13-4-3-11(14(6-13)18(20,21)22)7-23-15(25)9-24-8-12-2-1-5-17(12,10-24)16(26)27/h3-4,6,12H,1-2,5,7-10H2,(H,23,25)(H,26,27)/t12-,17+/m0/s1. The Morgan fingerprint density at radius 1 is 1.33 bits per heavy atom. The van der Waals surface area contributed by atoms with Gasteiger partial charge in [0.1, 0.15) is 5.82 Å². The minimum Gasteiger partial charge on any atom is -0.481 e. The number of benzene rings is 1. The van der Waals surface area contributed by atoms with Crippen molar-refractivity contribution in [2.24, 2.45) is 11.3 Å². The maximum absolute atomic E-state index is 13.1. The van der Waals surface area contributed by atoms with Crippen LogP contribution in [0.4, 0.5) is 17.6 Å². The van der Waals surface area contributed by atoms with Gasteiger partial charge < -0.3 is 10.4 Å². The predicted molar refractivity (Wildman–Crippen MR) is 87.1 cm³/mol. The van der Waals surface area contributed by atoms with Crippen LogP contribution in [0, 0.1) is 17.2 Å². The second-order valence-corrected chi connectivity index (χ2v) is 7.30. The van der Waals surface area contributed by atoms with Crippen molar-refractivity contribution in [1.29, 1.82) is 0 Å². The third kappa shape index (κ3) is 3.92. The van der Waals surface area contributed by atoms with Crippen molar-refractivity contribution >= 4 is 11.9 Å². The van der Waals surface area contributed by atoms with Gasteiger partial charge in [0.25, 0.3) is 0 Å². The number of halogens is 4. The van der Waals surface area contributed by atoms with Crippen molar-refractivity contribution in [2.75, 3.05) is 19.6 Å². The second-order valence-electron chi connectivity index (χ2n) is 7.30. The lowest BCUT2D eigenvalue weighted by Crippen LogP contribution is -2.39. The Kier molecular flexibility index (Phi) is 5.16. The van der Waals surface area contributed by atoms with Crippen LogP contribution in [0.5, 0.6) is 0 Å². The molecule has 2 fully saturated rings. The minimum atomic E-state index is -4.72. The maximum Gasteiger partial charge on any atom is 0.416 e. The molecule has 3 rings (SSSR count). The van der Waals surface area contributed by atoms with E-state index in [9.17, 15) is 32.3 Å². The van der Waals surface area contributed by atoms with Gasteiger partial charge in [-0.05, 0) is 36.5 Å². The molecular weight excluding hydrogens is 368 g/mol. The summed E-state index contributed by atoms with van der Waals surface area (Å²) in [7, 11) is 0. The highest BCUT2D eigenvalue weighted by Gasteiger charge is 2.54. The number of nitrogens with one attached hydrogen (secondary N) is 1. The zero-order valence-electron chi connectivity index (χ0n) is 14.5. The number of amides is 1. The molecule has 0 spiro atoms. The highest BCUT2D eigenvalue weighted by molar-refractivity contribution is 5.79. The van der Waals surface area contributed by atoms with E-state index in [1.54, 1.807) is 4.90 Å². The largest absolute Gasteiger partial charge is 0.481 e. The lowest BCUT2D eigenvalue weighted by Gasteiger charge is -2.23. The van der Waals surface area contributed by atoms with Crippen molar-refractivity contribution in [3.8, 4) is 0 Å². The first-order chi connectivity index (χ1) is 12.6. The monoisotopic (exact) mass is 388 g/mol. The minimum absolute atomic E-state index is 0.00303. The van der Waals surface area contributed by atoms with E-state index in [0.29, 0.717) is 19.0 Å².